The number of aryl methyl sites for hydroxylation is 1. The van der Waals surface area contributed by atoms with Crippen LogP contribution < -0.4 is 10.1 Å². The van der Waals surface area contributed by atoms with Crippen molar-refractivity contribution in [2.45, 2.75) is 44.9 Å². The van der Waals surface area contributed by atoms with Crippen LogP contribution >= 0.6 is 11.3 Å². The molecule has 1 aromatic heterocycles. The number of nitrogens with one attached hydrogen (secondary N) is 1. The van der Waals surface area contributed by atoms with Gasteiger partial charge in [-0.15, -0.1) is 11.3 Å². The summed E-state index contributed by atoms with van der Waals surface area (Å²) in [5.41, 5.74) is 1.62. The number of amides is 1. The minimum atomic E-state index is 0.00400. The Bertz CT molecular complexity index is 739. The van der Waals surface area contributed by atoms with Gasteiger partial charge < -0.3 is 10.1 Å². The smallest absolute Gasteiger partial charge is 0.251 e. The average Bonchev–Trinajstić information content (AvgIpc) is 3.23. The summed E-state index contributed by atoms with van der Waals surface area (Å²) in [6.45, 7) is 4.54. The Kier molecular flexibility index (Phi) is 4.72. The highest BCUT2D eigenvalue weighted by molar-refractivity contribution is 7.09. The monoisotopic (exact) mass is 357 g/mol. The van der Waals surface area contributed by atoms with E-state index in [4.69, 9.17) is 4.74 Å². The molecule has 0 radical (unpaired) electrons. The van der Waals surface area contributed by atoms with Crippen molar-refractivity contribution in [2.75, 3.05) is 13.1 Å². The Balaban J connectivity index is 1.28. The summed E-state index contributed by atoms with van der Waals surface area (Å²) >= 11 is 1.62. The van der Waals surface area contributed by atoms with Crippen LogP contribution in [0.25, 0.3) is 0 Å². The molecule has 1 aliphatic carbocycles. The number of carbonyl (C=O) groups is 1. The minimum Gasteiger partial charge on any atom is -0.487 e. The zero-order valence-corrected chi connectivity index (χ0v) is 15.2. The maximum absolute atomic E-state index is 12.4. The second kappa shape index (κ2) is 7.14. The number of hydrogen-bond acceptors (Lipinski definition) is 5. The Labute approximate surface area is 152 Å². The van der Waals surface area contributed by atoms with Gasteiger partial charge in [-0.2, -0.15) is 0 Å². The van der Waals surface area contributed by atoms with Crippen molar-refractivity contribution < 1.29 is 9.53 Å². The molecule has 2 fully saturated rings. The molecule has 1 saturated heterocycles. The topological polar surface area (TPSA) is 54.5 Å². The van der Waals surface area contributed by atoms with Gasteiger partial charge in [-0.05, 0) is 50.5 Å². The van der Waals surface area contributed by atoms with Crippen LogP contribution in [0.5, 0.6) is 5.75 Å². The number of thiazole rings is 1. The van der Waals surface area contributed by atoms with Gasteiger partial charge in [0.25, 0.3) is 5.91 Å². The van der Waals surface area contributed by atoms with E-state index >= 15 is 0 Å². The quantitative estimate of drug-likeness (QED) is 0.863. The Hall–Kier alpha value is -1.92. The molecule has 1 N–H and O–H groups in total. The lowest BCUT2D eigenvalue weighted by atomic mass is 10.2. The Morgan fingerprint density at radius 1 is 1.32 bits per heavy atom. The summed E-state index contributed by atoms with van der Waals surface area (Å²) in [5, 5.41) is 6.20. The zero-order valence-electron chi connectivity index (χ0n) is 14.4. The molecule has 1 aliphatic heterocycles. The van der Waals surface area contributed by atoms with Crippen molar-refractivity contribution in [3.05, 3.63) is 45.9 Å². The molecule has 1 saturated carbocycles. The molecule has 25 heavy (non-hydrogen) atoms. The van der Waals surface area contributed by atoms with Crippen molar-refractivity contribution in [2.24, 2.45) is 0 Å². The number of nitrogens with zero attached hydrogens (tertiary/aromatic N) is 2. The van der Waals surface area contributed by atoms with Crippen molar-refractivity contribution in [1.82, 2.24) is 15.2 Å². The molecule has 4 rings (SSSR count). The van der Waals surface area contributed by atoms with Crippen LogP contribution in [0.3, 0.4) is 0 Å². The van der Waals surface area contributed by atoms with Crippen LogP contribution in [0, 0.1) is 6.92 Å². The van der Waals surface area contributed by atoms with E-state index in [1.54, 1.807) is 11.3 Å². The zero-order chi connectivity index (χ0) is 17.2. The van der Waals surface area contributed by atoms with Gasteiger partial charge in [-0.25, -0.2) is 4.98 Å². The fourth-order valence-corrected chi connectivity index (χ4v) is 3.88. The fraction of sp³-hybridized carbons (Fsp3) is 0.474. The minimum absolute atomic E-state index is 0.00400. The molecule has 1 amide bonds. The van der Waals surface area contributed by atoms with Crippen LogP contribution in [0.15, 0.2) is 29.6 Å². The van der Waals surface area contributed by atoms with Crippen LogP contribution in [-0.2, 0) is 6.61 Å². The van der Waals surface area contributed by atoms with E-state index < -0.39 is 0 Å². The Morgan fingerprint density at radius 2 is 2.12 bits per heavy atom. The number of ether oxygens (including phenoxy) is 1. The van der Waals surface area contributed by atoms with Gasteiger partial charge in [0.1, 0.15) is 12.4 Å². The van der Waals surface area contributed by atoms with E-state index in [1.165, 1.54) is 12.8 Å². The molecule has 1 atom stereocenters. The van der Waals surface area contributed by atoms with Crippen LogP contribution in [0.4, 0.5) is 0 Å². The van der Waals surface area contributed by atoms with Crippen LogP contribution in [0.1, 0.15) is 40.3 Å². The second-order valence-electron chi connectivity index (χ2n) is 6.86. The van der Waals surface area contributed by atoms with Crippen molar-refractivity contribution >= 4 is 17.2 Å². The van der Waals surface area contributed by atoms with Gasteiger partial charge >= 0.3 is 0 Å². The molecule has 6 heteroatoms. The predicted molar refractivity (Wildman–Crippen MR) is 98.1 cm³/mol. The lowest BCUT2D eigenvalue weighted by Crippen LogP contribution is -2.37. The molecule has 1 unspecified atom stereocenters. The first kappa shape index (κ1) is 16.5. The summed E-state index contributed by atoms with van der Waals surface area (Å²) in [5.74, 6) is 0.757. The summed E-state index contributed by atoms with van der Waals surface area (Å²) in [4.78, 5) is 19.3. The number of aromatic nitrogens is 1. The highest BCUT2D eigenvalue weighted by Crippen LogP contribution is 2.29. The molecule has 0 bridgehead atoms. The number of benzene rings is 1. The maximum Gasteiger partial charge on any atom is 0.251 e. The third kappa shape index (κ3) is 4.19. The standard InChI is InChI=1S/C19H23N3O2S/c1-13-20-16(12-25-13)11-24-18-6-2-14(3-7-18)19(23)21-15-8-9-22(10-15)17-4-5-17/h2-3,6-7,12,15,17H,4-5,8-11H2,1H3,(H,21,23). The molecular weight excluding hydrogens is 334 g/mol. The Morgan fingerprint density at radius 3 is 2.80 bits per heavy atom. The van der Waals surface area contributed by atoms with Crippen molar-refractivity contribution in [1.29, 1.82) is 0 Å². The lowest BCUT2D eigenvalue weighted by Gasteiger charge is -2.16. The summed E-state index contributed by atoms with van der Waals surface area (Å²) in [6, 6.07) is 8.39. The number of likely N-dealkylation sites (tertiary alicyclic amines) is 1. The van der Waals surface area contributed by atoms with E-state index in [0.717, 1.165) is 42.0 Å². The van der Waals surface area contributed by atoms with Gasteiger partial charge in [-0.3, -0.25) is 9.69 Å². The number of carbonyl (C=O) groups excluding carboxylic acids is 1. The maximum atomic E-state index is 12.4. The fourth-order valence-electron chi connectivity index (χ4n) is 3.28. The third-order valence-electron chi connectivity index (χ3n) is 4.79. The van der Waals surface area contributed by atoms with Crippen LogP contribution in [0.2, 0.25) is 0 Å². The number of rotatable bonds is 6. The largest absolute Gasteiger partial charge is 0.487 e. The third-order valence-corrected chi connectivity index (χ3v) is 5.61. The highest BCUT2D eigenvalue weighted by Gasteiger charge is 2.34. The molecule has 5 nitrogen and oxygen atoms in total. The SMILES string of the molecule is Cc1nc(COc2ccc(C(=O)NC3CCN(C4CC4)C3)cc2)cs1. The highest BCUT2D eigenvalue weighted by atomic mass is 32.1. The van der Waals surface area contributed by atoms with Gasteiger partial charge in [0.05, 0.1) is 10.7 Å². The van der Waals surface area contributed by atoms with Crippen LogP contribution in [-0.4, -0.2) is 41.0 Å². The van der Waals surface area contributed by atoms with E-state index in [2.05, 4.69) is 15.2 Å². The lowest BCUT2D eigenvalue weighted by molar-refractivity contribution is 0.0937. The van der Waals surface area contributed by atoms with E-state index in [9.17, 15) is 4.79 Å². The molecule has 0 spiro atoms. The molecule has 132 valence electrons. The van der Waals surface area contributed by atoms with Gasteiger partial charge in [0.2, 0.25) is 0 Å². The van der Waals surface area contributed by atoms with Crippen molar-refractivity contribution in [3.63, 3.8) is 0 Å². The van der Waals surface area contributed by atoms with Gasteiger partial charge in [-0.1, -0.05) is 0 Å². The first-order valence-corrected chi connectivity index (χ1v) is 9.74. The van der Waals surface area contributed by atoms with Gasteiger partial charge in [0, 0.05) is 36.1 Å². The molecule has 1 aromatic carbocycles. The van der Waals surface area contributed by atoms with Crippen molar-refractivity contribution in [3.8, 4) is 5.75 Å². The normalized spacial score (nSPS) is 20.6. The summed E-state index contributed by atoms with van der Waals surface area (Å²) < 4.78 is 5.73. The average molecular weight is 357 g/mol. The van der Waals surface area contributed by atoms with E-state index in [0.29, 0.717) is 12.2 Å². The first-order valence-electron chi connectivity index (χ1n) is 8.86. The predicted octanol–water partition coefficient (Wildman–Crippen LogP) is 3.00. The molecule has 2 heterocycles. The van der Waals surface area contributed by atoms with E-state index in [1.807, 2.05) is 36.6 Å². The molecule has 2 aliphatic rings. The second-order valence-corrected chi connectivity index (χ2v) is 7.92. The molecule has 2 aromatic rings. The summed E-state index contributed by atoms with van der Waals surface area (Å²) in [7, 11) is 0. The van der Waals surface area contributed by atoms with Gasteiger partial charge in [0.15, 0.2) is 0 Å². The first-order chi connectivity index (χ1) is 12.2. The number of hydrogen-bond donors (Lipinski definition) is 1. The van der Waals surface area contributed by atoms with E-state index in [-0.39, 0.29) is 11.9 Å². The summed E-state index contributed by atoms with van der Waals surface area (Å²) in [6.07, 6.45) is 3.70. The molecular formula is C19H23N3O2S.